The Balaban J connectivity index is 0.000000105. The Hall–Kier alpha value is -19.1. The molecule has 0 bridgehead atoms. The number of hydrogen-bond donors (Lipinski definition) is 0. The lowest BCUT2D eigenvalue weighted by Gasteiger charge is -2.11. The van der Waals surface area contributed by atoms with Crippen LogP contribution in [0.3, 0.4) is 0 Å². The van der Waals surface area contributed by atoms with Crippen LogP contribution in [0.15, 0.2) is 438 Å². The molecule has 0 N–H and O–H groups in total. The number of para-hydroxylation sites is 4. The first-order valence-corrected chi connectivity index (χ1v) is 45.2. The standard InChI is InChI=1S/C46H28N6O.2C36H21N5O/c1-5-15-29(16-6-1)43-48-44(30-17-7-2-8-18-30)50-46(49-43)52-36-24-14-13-23-33(36)34-25-26-35-39-38(53-42(35)41(34)52)28-27-37-40(39)47-45(31-19-9-3-10-20-31)51(37)32-21-11-4-12-22-32;1-3-10-22(11-4-1)34-38-35(23-12-5-2-6-13-23)40-36(39-34)41-29-16-8-7-14-24(29)25-17-18-27-31-26-15-9-21-37-28(26)19-20-30(31)42-33(27)32(25)41;1-3-9-22(10-4-1)34-38-35(23-11-5-2-6-12-23)40-36(39-34)41-29-14-8-7-13-26(29)27-16-17-28-31-25-19-20-37-21-24(25)15-18-30(31)42-33(28)32(27)41/h1-28H;2*1-21H. The van der Waals surface area contributed by atoms with E-state index in [0.29, 0.717) is 52.8 Å². The predicted molar refractivity (Wildman–Crippen MR) is 548 cm³/mol. The molecule has 137 heavy (non-hydrogen) atoms. The number of aromatic nitrogens is 16. The highest BCUT2D eigenvalue weighted by atomic mass is 16.3. The average Bonchev–Trinajstić information content (AvgIpc) is 1.55. The van der Waals surface area contributed by atoms with Gasteiger partial charge >= 0.3 is 0 Å². The lowest BCUT2D eigenvalue weighted by molar-refractivity contribution is 0.670. The minimum absolute atomic E-state index is 0.515. The van der Waals surface area contributed by atoms with Crippen molar-refractivity contribution in [3.63, 3.8) is 0 Å². The first-order valence-electron chi connectivity index (χ1n) is 45.2. The summed E-state index contributed by atoms with van der Waals surface area (Å²) in [6, 6.07) is 138. The molecule has 0 saturated carbocycles. The molecule has 17 aromatic carbocycles. The van der Waals surface area contributed by atoms with Gasteiger partial charge in [-0.25, -0.2) is 19.9 Å². The number of benzene rings is 17. The summed E-state index contributed by atoms with van der Waals surface area (Å²) < 4.78 is 28.9. The van der Waals surface area contributed by atoms with Crippen LogP contribution in [0.25, 0.3) is 267 Å². The second-order valence-electron chi connectivity index (χ2n) is 33.7. The van der Waals surface area contributed by atoms with Crippen molar-refractivity contribution in [2.75, 3.05) is 0 Å². The van der Waals surface area contributed by atoms with E-state index in [1.807, 2.05) is 249 Å². The van der Waals surface area contributed by atoms with Gasteiger partial charge in [-0.05, 0) is 102 Å². The predicted octanol–water partition coefficient (Wildman–Crippen LogP) is 28.7. The van der Waals surface area contributed by atoms with Gasteiger partial charge in [0, 0.05) is 133 Å². The Bertz CT molecular complexity index is 9330. The molecule has 29 aromatic rings. The van der Waals surface area contributed by atoms with Crippen LogP contribution >= 0.6 is 0 Å². The second-order valence-corrected chi connectivity index (χ2v) is 33.7. The van der Waals surface area contributed by atoms with Gasteiger partial charge in [0.15, 0.2) is 51.7 Å². The molecule has 0 aliphatic heterocycles. The van der Waals surface area contributed by atoms with Crippen molar-refractivity contribution in [2.24, 2.45) is 0 Å². The fourth-order valence-corrected chi connectivity index (χ4v) is 19.7. The summed E-state index contributed by atoms with van der Waals surface area (Å²) in [6.45, 7) is 0. The average molecular weight is 1760 g/mol. The highest BCUT2D eigenvalue weighted by molar-refractivity contribution is 6.29. The molecule has 0 amide bonds. The van der Waals surface area contributed by atoms with Crippen LogP contribution in [-0.2, 0) is 0 Å². The molecule has 12 aromatic heterocycles. The zero-order chi connectivity index (χ0) is 90.1. The first-order chi connectivity index (χ1) is 68.0. The summed E-state index contributed by atoms with van der Waals surface area (Å²) in [7, 11) is 0. The van der Waals surface area contributed by atoms with E-state index in [4.69, 9.17) is 63.1 Å². The van der Waals surface area contributed by atoms with Gasteiger partial charge < -0.3 is 13.3 Å². The molecule has 0 unspecified atom stereocenters. The third-order valence-corrected chi connectivity index (χ3v) is 25.8. The summed E-state index contributed by atoms with van der Waals surface area (Å²) in [6.07, 6.45) is 5.54. The molecule has 0 spiro atoms. The Morgan fingerprint density at radius 3 is 0.942 bits per heavy atom. The summed E-state index contributed by atoms with van der Waals surface area (Å²) in [5, 5.41) is 15.9. The van der Waals surface area contributed by atoms with Crippen LogP contribution < -0.4 is 0 Å². The van der Waals surface area contributed by atoms with Crippen LogP contribution in [0.5, 0.6) is 0 Å². The van der Waals surface area contributed by atoms with Crippen LogP contribution in [0, 0.1) is 0 Å². The van der Waals surface area contributed by atoms with Crippen molar-refractivity contribution in [3.8, 4) is 103 Å². The number of rotatable bonds is 11. The van der Waals surface area contributed by atoms with E-state index in [9.17, 15) is 0 Å². The van der Waals surface area contributed by atoms with E-state index in [-0.39, 0.29) is 0 Å². The fourth-order valence-electron chi connectivity index (χ4n) is 19.7. The van der Waals surface area contributed by atoms with Gasteiger partial charge in [-0.2, -0.15) is 29.9 Å². The van der Waals surface area contributed by atoms with E-state index in [2.05, 4.69) is 204 Å². The molecular weight excluding hydrogens is 1690 g/mol. The van der Waals surface area contributed by atoms with E-state index in [1.165, 1.54) is 0 Å². The largest absolute Gasteiger partial charge is 0.454 e. The Morgan fingerprint density at radius 1 is 0.204 bits per heavy atom. The minimum atomic E-state index is 0.515. The lowest BCUT2D eigenvalue weighted by atomic mass is 10.0. The smallest absolute Gasteiger partial charge is 0.238 e. The quantitative estimate of drug-likeness (QED) is 0.118. The van der Waals surface area contributed by atoms with Crippen LogP contribution in [0.1, 0.15) is 0 Å². The van der Waals surface area contributed by atoms with Gasteiger partial charge in [-0.1, -0.05) is 309 Å². The molecule has 0 saturated heterocycles. The maximum Gasteiger partial charge on any atom is 0.238 e. The van der Waals surface area contributed by atoms with Gasteiger partial charge in [0.05, 0.1) is 33.0 Å². The highest BCUT2D eigenvalue weighted by Gasteiger charge is 2.30. The lowest BCUT2D eigenvalue weighted by Crippen LogP contribution is -2.06. The van der Waals surface area contributed by atoms with Crippen molar-refractivity contribution in [1.82, 2.24) is 78.1 Å². The zero-order valence-electron chi connectivity index (χ0n) is 72.8. The van der Waals surface area contributed by atoms with Gasteiger partial charge in [0.1, 0.15) is 44.6 Å². The van der Waals surface area contributed by atoms with Crippen LogP contribution in [0.4, 0.5) is 0 Å². The summed E-state index contributed by atoms with van der Waals surface area (Å²) in [5.41, 5.74) is 20.9. The number of hydrogen-bond acceptors (Lipinski definition) is 15. The van der Waals surface area contributed by atoms with Gasteiger partial charge in [-0.3, -0.25) is 28.2 Å². The Labute approximate surface area is 778 Å². The zero-order valence-corrected chi connectivity index (χ0v) is 72.8. The maximum absolute atomic E-state index is 6.91. The summed E-state index contributed by atoms with van der Waals surface area (Å²) in [5.74, 6) is 6.10. The van der Waals surface area contributed by atoms with E-state index in [0.717, 1.165) is 214 Å². The molecule has 12 heterocycles. The Kier molecular flexibility index (Phi) is 18.1. The number of furan rings is 3. The highest BCUT2D eigenvalue weighted by Crippen LogP contribution is 2.48. The van der Waals surface area contributed by atoms with Crippen molar-refractivity contribution >= 4 is 164 Å². The SMILES string of the molecule is c1ccc(-c2nc(-c3ccccc3)nc(-n3c4ccccc4c4ccc5c(oc6ccc7c(nc(-c8ccccc8)n7-c7ccccc7)c65)c43)n2)cc1.c1ccc(-c2nc(-c3ccccc3)nc(-n3c4ccccc4c4ccc5c(oc6ccc7cnccc7c65)c43)n2)cc1.c1ccc(-c2nc(-c3ccccc3)nc(-n3c4ccccc4c4ccc5c(oc6ccc7ncccc7c65)c43)n2)cc1. The first kappa shape index (κ1) is 77.8. The van der Waals surface area contributed by atoms with E-state index >= 15 is 0 Å². The van der Waals surface area contributed by atoms with Crippen LogP contribution in [0.2, 0.25) is 0 Å². The third-order valence-electron chi connectivity index (χ3n) is 25.8. The number of pyridine rings is 2. The van der Waals surface area contributed by atoms with Gasteiger partial charge in [0.2, 0.25) is 17.8 Å². The summed E-state index contributed by atoms with van der Waals surface area (Å²) >= 11 is 0. The molecule has 19 heteroatoms. The third kappa shape index (κ3) is 12.9. The number of imidazole rings is 1. The molecule has 0 aliphatic carbocycles. The molecule has 19 nitrogen and oxygen atoms in total. The molecule has 640 valence electrons. The van der Waals surface area contributed by atoms with Crippen molar-refractivity contribution in [1.29, 1.82) is 0 Å². The number of nitrogens with zero attached hydrogens (tertiary/aromatic N) is 16. The molecule has 29 rings (SSSR count). The van der Waals surface area contributed by atoms with E-state index in [1.54, 1.807) is 0 Å². The summed E-state index contributed by atoms with van der Waals surface area (Å²) in [4.78, 5) is 59.6. The Morgan fingerprint density at radius 2 is 0.533 bits per heavy atom. The minimum Gasteiger partial charge on any atom is -0.454 e. The molecular formula is C118H70N16O3. The molecule has 0 radical (unpaired) electrons. The van der Waals surface area contributed by atoms with E-state index < -0.39 is 0 Å². The van der Waals surface area contributed by atoms with Crippen LogP contribution in [-0.4, -0.2) is 78.1 Å². The monoisotopic (exact) mass is 1760 g/mol. The van der Waals surface area contributed by atoms with Gasteiger partial charge in [0.25, 0.3) is 0 Å². The van der Waals surface area contributed by atoms with Crippen molar-refractivity contribution in [2.45, 2.75) is 0 Å². The number of fused-ring (bicyclic) bond motifs is 27. The van der Waals surface area contributed by atoms with Crippen molar-refractivity contribution in [3.05, 3.63) is 425 Å². The maximum atomic E-state index is 6.91. The van der Waals surface area contributed by atoms with Gasteiger partial charge in [-0.15, -0.1) is 0 Å². The second kappa shape index (κ2) is 31.9. The molecule has 0 fully saturated rings. The van der Waals surface area contributed by atoms with Crippen molar-refractivity contribution < 1.29 is 13.3 Å². The molecule has 0 atom stereocenters. The fraction of sp³-hybridized carbons (Fsp3) is 0. The normalized spacial score (nSPS) is 11.8. The topological polar surface area (TPSA) is 214 Å². The molecule has 0 aliphatic rings.